The number of hydrogen-bond acceptors (Lipinski definition) is 2. The lowest BCUT2D eigenvalue weighted by Gasteiger charge is -2.20. The van der Waals surface area contributed by atoms with E-state index in [1.165, 1.54) is 77.0 Å². The van der Waals surface area contributed by atoms with Gasteiger partial charge in [-0.25, -0.2) is 0 Å². The molecule has 21 heavy (non-hydrogen) atoms. The second kappa shape index (κ2) is 16.3. The van der Waals surface area contributed by atoms with Crippen molar-refractivity contribution in [2.45, 2.75) is 103 Å². The Bertz CT molecular complexity index is 196. The van der Waals surface area contributed by atoms with Gasteiger partial charge in [-0.05, 0) is 26.4 Å². The molecule has 2 heteroatoms. The topological polar surface area (TPSA) is 23.5 Å². The molecule has 128 valence electrons. The number of likely N-dealkylation sites (N-methyl/N-ethyl adjacent to an activating group) is 1. The number of aliphatic hydroxyl groups is 1. The van der Waals surface area contributed by atoms with Crippen LogP contribution in [0, 0.1) is 0 Å². The van der Waals surface area contributed by atoms with Crippen LogP contribution in [0.3, 0.4) is 0 Å². The summed E-state index contributed by atoms with van der Waals surface area (Å²) >= 11 is 0. The molecule has 0 saturated carbocycles. The minimum absolute atomic E-state index is 0.124. The zero-order valence-corrected chi connectivity index (χ0v) is 15.1. The van der Waals surface area contributed by atoms with Crippen LogP contribution < -0.4 is 0 Å². The van der Waals surface area contributed by atoms with Crippen molar-refractivity contribution in [1.29, 1.82) is 0 Å². The van der Waals surface area contributed by atoms with E-state index in [0.717, 1.165) is 19.5 Å². The third-order valence-corrected chi connectivity index (χ3v) is 4.31. The van der Waals surface area contributed by atoms with Crippen LogP contribution >= 0.6 is 0 Å². The summed E-state index contributed by atoms with van der Waals surface area (Å²) in [6.45, 7) is 6.45. The van der Waals surface area contributed by atoms with Gasteiger partial charge in [0.15, 0.2) is 0 Å². The largest absolute Gasteiger partial charge is 0.392 e. The molecule has 1 N–H and O–H groups in total. The Morgan fingerprint density at radius 3 is 1.71 bits per heavy atom. The second-order valence-corrected chi connectivity index (χ2v) is 6.74. The molecular formula is C19H41NO. The van der Waals surface area contributed by atoms with Crippen LogP contribution in [-0.4, -0.2) is 36.2 Å². The van der Waals surface area contributed by atoms with E-state index in [4.69, 9.17) is 0 Å². The van der Waals surface area contributed by atoms with Gasteiger partial charge in [0, 0.05) is 6.54 Å². The minimum atomic E-state index is -0.124. The molecule has 0 spiro atoms. The zero-order chi connectivity index (χ0) is 15.8. The van der Waals surface area contributed by atoms with Crippen LogP contribution in [0.15, 0.2) is 0 Å². The molecule has 0 heterocycles. The number of nitrogens with zero attached hydrogens (tertiary/aromatic N) is 1. The van der Waals surface area contributed by atoms with Crippen LogP contribution in [-0.2, 0) is 0 Å². The van der Waals surface area contributed by atoms with Gasteiger partial charge >= 0.3 is 0 Å². The van der Waals surface area contributed by atoms with Crippen LogP contribution in [0.2, 0.25) is 0 Å². The quantitative estimate of drug-likeness (QED) is 0.386. The maximum absolute atomic E-state index is 10.0. The van der Waals surface area contributed by atoms with Gasteiger partial charge in [0.1, 0.15) is 0 Å². The first-order chi connectivity index (χ1) is 10.2. The van der Waals surface area contributed by atoms with Gasteiger partial charge in [-0.3, -0.25) is 0 Å². The first kappa shape index (κ1) is 20.9. The fraction of sp³-hybridized carbons (Fsp3) is 1.00. The number of rotatable bonds is 16. The van der Waals surface area contributed by atoms with Gasteiger partial charge < -0.3 is 10.0 Å². The van der Waals surface area contributed by atoms with Crippen molar-refractivity contribution < 1.29 is 5.11 Å². The third kappa shape index (κ3) is 16.1. The Labute approximate surface area is 134 Å². The molecule has 2 nitrogen and oxygen atoms in total. The monoisotopic (exact) mass is 299 g/mol. The van der Waals surface area contributed by atoms with E-state index in [-0.39, 0.29) is 6.10 Å². The summed E-state index contributed by atoms with van der Waals surface area (Å²) in [6.07, 6.45) is 17.0. The fourth-order valence-corrected chi connectivity index (χ4v) is 2.84. The summed E-state index contributed by atoms with van der Waals surface area (Å²) in [5.74, 6) is 0. The smallest absolute Gasteiger partial charge is 0.0667 e. The van der Waals surface area contributed by atoms with Gasteiger partial charge in [-0.2, -0.15) is 0 Å². The molecule has 0 saturated heterocycles. The van der Waals surface area contributed by atoms with E-state index in [1.54, 1.807) is 0 Å². The van der Waals surface area contributed by atoms with Crippen molar-refractivity contribution in [1.82, 2.24) is 4.90 Å². The first-order valence-corrected chi connectivity index (χ1v) is 9.57. The molecule has 0 aromatic rings. The van der Waals surface area contributed by atoms with E-state index >= 15 is 0 Å². The van der Waals surface area contributed by atoms with E-state index < -0.39 is 0 Å². The van der Waals surface area contributed by atoms with E-state index in [9.17, 15) is 5.11 Å². The highest BCUT2D eigenvalue weighted by Crippen LogP contribution is 2.12. The predicted molar refractivity (Wildman–Crippen MR) is 94.9 cm³/mol. The van der Waals surface area contributed by atoms with E-state index in [0.29, 0.717) is 0 Å². The Kier molecular flexibility index (Phi) is 16.2. The summed E-state index contributed by atoms with van der Waals surface area (Å²) in [5, 5.41) is 10.0. The Balaban J connectivity index is 3.22. The van der Waals surface area contributed by atoms with Crippen molar-refractivity contribution in [3.63, 3.8) is 0 Å². The summed E-state index contributed by atoms with van der Waals surface area (Å²) in [5.41, 5.74) is 0. The number of aliphatic hydroxyl groups excluding tert-OH is 1. The normalized spacial score (nSPS) is 13.0. The maximum Gasteiger partial charge on any atom is 0.0667 e. The van der Waals surface area contributed by atoms with Crippen LogP contribution in [0.4, 0.5) is 0 Å². The molecule has 0 fully saturated rings. The SMILES string of the molecule is CCCCCCCCCCCCC(O)CN(C)CCCC. The van der Waals surface area contributed by atoms with Gasteiger partial charge in [0.05, 0.1) is 6.10 Å². The summed E-state index contributed by atoms with van der Waals surface area (Å²) in [7, 11) is 2.12. The first-order valence-electron chi connectivity index (χ1n) is 9.57. The molecule has 0 aliphatic rings. The second-order valence-electron chi connectivity index (χ2n) is 6.74. The highest BCUT2D eigenvalue weighted by Gasteiger charge is 2.07. The molecule has 0 amide bonds. The van der Waals surface area contributed by atoms with E-state index in [1.807, 2.05) is 0 Å². The lowest BCUT2D eigenvalue weighted by molar-refractivity contribution is 0.114. The Morgan fingerprint density at radius 2 is 1.19 bits per heavy atom. The van der Waals surface area contributed by atoms with Crippen molar-refractivity contribution in [3.05, 3.63) is 0 Å². The molecule has 0 aromatic heterocycles. The summed E-state index contributed by atoms with van der Waals surface area (Å²) in [4.78, 5) is 2.27. The van der Waals surface area contributed by atoms with Gasteiger partial charge in [-0.1, -0.05) is 84.5 Å². The molecule has 0 aliphatic heterocycles. The van der Waals surface area contributed by atoms with Gasteiger partial charge in [0.25, 0.3) is 0 Å². The molecule has 0 aliphatic carbocycles. The molecule has 1 atom stereocenters. The molecule has 0 rings (SSSR count). The zero-order valence-electron chi connectivity index (χ0n) is 15.1. The molecule has 0 radical (unpaired) electrons. The third-order valence-electron chi connectivity index (χ3n) is 4.31. The molecule has 0 aromatic carbocycles. The Hall–Kier alpha value is -0.0800. The summed E-state index contributed by atoms with van der Waals surface area (Å²) in [6, 6.07) is 0. The van der Waals surface area contributed by atoms with Crippen molar-refractivity contribution in [3.8, 4) is 0 Å². The standard InChI is InChI=1S/C19H41NO/c1-4-6-8-9-10-11-12-13-14-15-16-19(21)18-20(3)17-7-5-2/h19,21H,4-18H2,1-3H3. The average Bonchev–Trinajstić information content (AvgIpc) is 2.47. The number of unbranched alkanes of at least 4 members (excludes halogenated alkanes) is 10. The van der Waals surface area contributed by atoms with Gasteiger partial charge in [0.2, 0.25) is 0 Å². The van der Waals surface area contributed by atoms with Crippen molar-refractivity contribution in [2.24, 2.45) is 0 Å². The van der Waals surface area contributed by atoms with E-state index in [2.05, 4.69) is 25.8 Å². The van der Waals surface area contributed by atoms with Crippen molar-refractivity contribution in [2.75, 3.05) is 20.1 Å². The molecule has 1 unspecified atom stereocenters. The molecular weight excluding hydrogens is 258 g/mol. The van der Waals surface area contributed by atoms with Crippen LogP contribution in [0.25, 0.3) is 0 Å². The maximum atomic E-state index is 10.0. The fourth-order valence-electron chi connectivity index (χ4n) is 2.84. The Morgan fingerprint density at radius 1 is 0.714 bits per heavy atom. The summed E-state index contributed by atoms with van der Waals surface area (Å²) < 4.78 is 0. The van der Waals surface area contributed by atoms with Crippen LogP contribution in [0.5, 0.6) is 0 Å². The molecule has 0 bridgehead atoms. The minimum Gasteiger partial charge on any atom is -0.392 e. The number of hydrogen-bond donors (Lipinski definition) is 1. The average molecular weight is 300 g/mol. The van der Waals surface area contributed by atoms with Crippen LogP contribution in [0.1, 0.15) is 97.3 Å². The lowest BCUT2D eigenvalue weighted by atomic mass is 10.0. The highest BCUT2D eigenvalue weighted by molar-refractivity contribution is 4.62. The highest BCUT2D eigenvalue weighted by atomic mass is 16.3. The van der Waals surface area contributed by atoms with Crippen molar-refractivity contribution >= 4 is 0 Å². The predicted octanol–water partition coefficient (Wildman–Crippen LogP) is 5.39. The lowest BCUT2D eigenvalue weighted by Crippen LogP contribution is -2.29. The van der Waals surface area contributed by atoms with Gasteiger partial charge in [-0.15, -0.1) is 0 Å².